The minimum atomic E-state index is -4.75. The van der Waals surface area contributed by atoms with Gasteiger partial charge in [-0.25, -0.2) is 13.9 Å². The number of Topliss-reactive ketones (excluding diaryl/α,β-unsaturated/α-hetero) is 1. The van der Waals surface area contributed by atoms with Crippen LogP contribution in [0.1, 0.15) is 60.5 Å². The predicted molar refractivity (Wildman–Crippen MR) is 127 cm³/mol. The van der Waals surface area contributed by atoms with Gasteiger partial charge in [0.1, 0.15) is 12.4 Å². The van der Waals surface area contributed by atoms with Crippen LogP contribution in [0, 0.1) is 5.82 Å². The Morgan fingerprint density at radius 3 is 2.33 bits per heavy atom. The van der Waals surface area contributed by atoms with Crippen molar-refractivity contribution in [3.8, 4) is 5.88 Å². The average molecular weight is 533 g/mol. The standard InChI is InChI=1S/C24H32F4N2O5Si/c1-7-33-22(32)19-14-21(34-11-8-12-35-36(5,6)23(2,3)4)29-30(19)15-20(31)17-13-16(24(26,27)28)9-10-18(17)25/h9-10,13-14H,7-8,11-12,15H2,1-6H3. The fourth-order valence-corrected chi connectivity index (χ4v) is 3.96. The van der Waals surface area contributed by atoms with Gasteiger partial charge >= 0.3 is 12.1 Å². The van der Waals surface area contributed by atoms with E-state index in [1.165, 1.54) is 6.07 Å². The van der Waals surface area contributed by atoms with E-state index in [1.54, 1.807) is 6.92 Å². The molecule has 0 bridgehead atoms. The molecule has 7 nitrogen and oxygen atoms in total. The topological polar surface area (TPSA) is 79.7 Å². The van der Waals surface area contributed by atoms with Crippen LogP contribution >= 0.6 is 0 Å². The molecule has 0 aliphatic rings. The molecule has 1 heterocycles. The molecule has 0 spiro atoms. The lowest BCUT2D eigenvalue weighted by molar-refractivity contribution is -0.137. The first-order chi connectivity index (χ1) is 16.6. The molecule has 12 heteroatoms. The number of carbonyl (C=O) groups is 2. The highest BCUT2D eigenvalue weighted by Gasteiger charge is 2.37. The normalized spacial score (nSPS) is 12.5. The van der Waals surface area contributed by atoms with Crippen molar-refractivity contribution in [2.75, 3.05) is 19.8 Å². The smallest absolute Gasteiger partial charge is 0.416 e. The molecule has 0 atom stereocenters. The van der Waals surface area contributed by atoms with Gasteiger partial charge in [-0.1, -0.05) is 20.8 Å². The third-order valence-corrected chi connectivity index (χ3v) is 10.5. The van der Waals surface area contributed by atoms with Crippen LogP contribution in [-0.4, -0.2) is 49.7 Å². The zero-order chi connectivity index (χ0) is 27.3. The van der Waals surface area contributed by atoms with Crippen molar-refractivity contribution < 1.29 is 41.1 Å². The van der Waals surface area contributed by atoms with Crippen molar-refractivity contribution in [3.63, 3.8) is 0 Å². The zero-order valence-corrected chi connectivity index (χ0v) is 22.3. The van der Waals surface area contributed by atoms with E-state index in [0.29, 0.717) is 31.2 Å². The Kier molecular flexibility index (Phi) is 9.46. The van der Waals surface area contributed by atoms with Crippen LogP contribution in [0.2, 0.25) is 18.1 Å². The van der Waals surface area contributed by atoms with Crippen molar-refractivity contribution in [2.45, 2.75) is 65.0 Å². The van der Waals surface area contributed by atoms with Gasteiger partial charge in [0.25, 0.3) is 0 Å². The van der Waals surface area contributed by atoms with Crippen LogP contribution in [0.5, 0.6) is 5.88 Å². The van der Waals surface area contributed by atoms with Gasteiger partial charge in [-0.3, -0.25) is 4.79 Å². The number of ketones is 1. The molecule has 2 rings (SSSR count). The van der Waals surface area contributed by atoms with Crippen LogP contribution in [0.4, 0.5) is 17.6 Å². The molecular weight excluding hydrogens is 500 g/mol. The maximum absolute atomic E-state index is 14.1. The van der Waals surface area contributed by atoms with Crippen LogP contribution < -0.4 is 4.74 Å². The first kappa shape index (κ1) is 29.5. The Balaban J connectivity index is 2.14. The SMILES string of the molecule is CCOC(=O)c1cc(OCCCO[Si](C)(C)C(C)(C)C)nn1CC(=O)c1cc(C(F)(F)F)ccc1F. The third-order valence-electron chi connectivity index (χ3n) is 5.94. The second-order valence-corrected chi connectivity index (χ2v) is 14.5. The minimum absolute atomic E-state index is 0.0164. The van der Waals surface area contributed by atoms with Gasteiger partial charge < -0.3 is 13.9 Å². The van der Waals surface area contributed by atoms with Crippen LogP contribution in [-0.2, 0) is 21.9 Å². The van der Waals surface area contributed by atoms with Crippen molar-refractivity contribution in [2.24, 2.45) is 0 Å². The Morgan fingerprint density at radius 2 is 1.75 bits per heavy atom. The van der Waals surface area contributed by atoms with Gasteiger partial charge in [-0.15, -0.1) is 5.10 Å². The van der Waals surface area contributed by atoms with E-state index in [2.05, 4.69) is 39.0 Å². The lowest BCUT2D eigenvalue weighted by Crippen LogP contribution is -2.41. The summed E-state index contributed by atoms with van der Waals surface area (Å²) in [6, 6.07) is 2.82. The quantitative estimate of drug-likeness (QED) is 0.118. The number of alkyl halides is 3. The van der Waals surface area contributed by atoms with Gasteiger partial charge in [0.05, 0.1) is 24.3 Å². The van der Waals surface area contributed by atoms with Gasteiger partial charge in [-0.2, -0.15) is 13.2 Å². The third kappa shape index (κ3) is 7.63. The number of aromatic nitrogens is 2. The fraction of sp³-hybridized carbons (Fsp3) is 0.542. The van der Waals surface area contributed by atoms with Crippen molar-refractivity contribution in [3.05, 3.63) is 46.9 Å². The molecule has 0 unspecified atom stereocenters. The number of benzene rings is 1. The van der Waals surface area contributed by atoms with Gasteiger partial charge in [0, 0.05) is 19.1 Å². The maximum atomic E-state index is 14.1. The Bertz CT molecular complexity index is 1080. The molecular formula is C24H32F4N2O5Si. The number of esters is 1. The van der Waals surface area contributed by atoms with Crippen LogP contribution in [0.15, 0.2) is 24.3 Å². The number of halogens is 4. The monoisotopic (exact) mass is 532 g/mol. The molecule has 2 aromatic rings. The van der Waals surface area contributed by atoms with Gasteiger partial charge in [0.15, 0.2) is 19.8 Å². The summed E-state index contributed by atoms with van der Waals surface area (Å²) in [6.45, 7) is 12.3. The zero-order valence-electron chi connectivity index (χ0n) is 21.3. The average Bonchev–Trinajstić information content (AvgIpc) is 3.14. The predicted octanol–water partition coefficient (Wildman–Crippen LogP) is 5.89. The number of rotatable bonds is 11. The summed E-state index contributed by atoms with van der Waals surface area (Å²) >= 11 is 0. The lowest BCUT2D eigenvalue weighted by atomic mass is 10.1. The van der Waals surface area contributed by atoms with Gasteiger partial charge in [-0.05, 0) is 43.3 Å². The summed E-state index contributed by atoms with van der Waals surface area (Å²) in [5.74, 6) is -2.90. The second-order valence-electron chi connectivity index (χ2n) is 9.67. The molecule has 0 saturated carbocycles. The Labute approximate surface area is 208 Å². The number of hydrogen-bond acceptors (Lipinski definition) is 6. The van der Waals surface area contributed by atoms with E-state index in [4.69, 9.17) is 13.9 Å². The number of carbonyl (C=O) groups excluding carboxylic acids is 2. The minimum Gasteiger partial charge on any atom is -0.477 e. The highest BCUT2D eigenvalue weighted by atomic mass is 28.4. The second kappa shape index (κ2) is 11.5. The van der Waals surface area contributed by atoms with E-state index < -0.39 is 49.7 Å². The highest BCUT2D eigenvalue weighted by Crippen LogP contribution is 2.36. The molecule has 1 aromatic heterocycles. The summed E-state index contributed by atoms with van der Waals surface area (Å²) < 4.78 is 70.7. The van der Waals surface area contributed by atoms with E-state index in [1.807, 2.05) is 0 Å². The molecule has 1 aromatic carbocycles. The number of ether oxygens (including phenoxy) is 2. The highest BCUT2D eigenvalue weighted by molar-refractivity contribution is 6.74. The van der Waals surface area contributed by atoms with Gasteiger partial charge in [0.2, 0.25) is 5.88 Å². The molecule has 0 radical (unpaired) electrons. The molecule has 0 aliphatic heterocycles. The number of hydrogen-bond donors (Lipinski definition) is 0. The Morgan fingerprint density at radius 1 is 1.08 bits per heavy atom. The first-order valence-corrected chi connectivity index (χ1v) is 14.4. The van der Waals surface area contributed by atoms with Crippen molar-refractivity contribution >= 4 is 20.1 Å². The first-order valence-electron chi connectivity index (χ1n) is 11.5. The summed E-state index contributed by atoms with van der Waals surface area (Å²) in [6.07, 6.45) is -4.21. The lowest BCUT2D eigenvalue weighted by Gasteiger charge is -2.36. The van der Waals surface area contributed by atoms with Crippen LogP contribution in [0.3, 0.4) is 0 Å². The molecule has 36 heavy (non-hydrogen) atoms. The van der Waals surface area contributed by atoms with Crippen molar-refractivity contribution in [1.82, 2.24) is 9.78 Å². The molecule has 0 saturated heterocycles. The molecule has 0 amide bonds. The van der Waals surface area contributed by atoms with Crippen LogP contribution in [0.25, 0.3) is 0 Å². The maximum Gasteiger partial charge on any atom is 0.416 e. The molecule has 0 fully saturated rings. The van der Waals surface area contributed by atoms with E-state index in [9.17, 15) is 27.2 Å². The fourth-order valence-electron chi connectivity index (χ4n) is 2.87. The molecule has 0 N–H and O–H groups in total. The number of nitrogens with zero attached hydrogens (tertiary/aromatic N) is 2. The summed E-state index contributed by atoms with van der Waals surface area (Å²) in [7, 11) is -1.91. The molecule has 200 valence electrons. The Hall–Kier alpha value is -2.73. The van der Waals surface area contributed by atoms with Crippen molar-refractivity contribution in [1.29, 1.82) is 0 Å². The summed E-state index contributed by atoms with van der Waals surface area (Å²) in [4.78, 5) is 25.0. The summed E-state index contributed by atoms with van der Waals surface area (Å²) in [5.41, 5.74) is -2.08. The van der Waals surface area contributed by atoms with E-state index in [0.717, 1.165) is 4.68 Å². The summed E-state index contributed by atoms with van der Waals surface area (Å²) in [5, 5.41) is 4.12. The largest absolute Gasteiger partial charge is 0.477 e. The van der Waals surface area contributed by atoms with E-state index in [-0.39, 0.29) is 29.8 Å². The van der Waals surface area contributed by atoms with E-state index >= 15 is 0 Å². The molecule has 0 aliphatic carbocycles.